The zero-order chi connectivity index (χ0) is 18.1. The van der Waals surface area contributed by atoms with Gasteiger partial charge in [0.2, 0.25) is 5.91 Å². The summed E-state index contributed by atoms with van der Waals surface area (Å²) >= 11 is 0. The fourth-order valence-corrected chi connectivity index (χ4v) is 3.86. The molecule has 2 bridgehead atoms. The molecule has 3 aliphatic heterocycles. The predicted molar refractivity (Wildman–Crippen MR) is 96.7 cm³/mol. The third-order valence-electron chi connectivity index (χ3n) is 5.18. The van der Waals surface area contributed by atoms with Crippen LogP contribution in [0.5, 0.6) is 0 Å². The molecule has 2 N–H and O–H groups in total. The molecule has 7 heteroatoms. The number of aromatic nitrogens is 1. The van der Waals surface area contributed by atoms with Crippen molar-refractivity contribution in [3.05, 3.63) is 36.4 Å². The molecule has 4 heterocycles. The number of carbonyl (C=O) groups excluding carboxylic acids is 2. The number of oxazole rings is 1. The quantitative estimate of drug-likeness (QED) is 0.878. The smallest absolute Gasteiger partial charge is 0.307 e. The van der Waals surface area contributed by atoms with Gasteiger partial charge in [0.25, 0.3) is 5.89 Å². The van der Waals surface area contributed by atoms with E-state index in [2.05, 4.69) is 20.5 Å². The largest absolute Gasteiger partial charge is 0.432 e. The lowest BCUT2D eigenvalue weighted by atomic mass is 9.84. The summed E-state index contributed by atoms with van der Waals surface area (Å²) < 4.78 is 5.69. The third-order valence-corrected chi connectivity index (χ3v) is 5.18. The maximum absolute atomic E-state index is 12.5. The zero-order valence-electron chi connectivity index (χ0n) is 14.7. The van der Waals surface area contributed by atoms with Crippen LogP contribution in [0.4, 0.5) is 5.69 Å². The van der Waals surface area contributed by atoms with E-state index in [0.29, 0.717) is 22.9 Å². The molecule has 26 heavy (non-hydrogen) atoms. The highest BCUT2D eigenvalue weighted by Crippen LogP contribution is 2.30. The molecule has 0 aliphatic carbocycles. The highest BCUT2D eigenvalue weighted by atomic mass is 16.4. The van der Waals surface area contributed by atoms with Gasteiger partial charge in [-0.15, -0.1) is 0 Å². The molecule has 3 aliphatic rings. The lowest BCUT2D eigenvalue weighted by Gasteiger charge is -2.44. The van der Waals surface area contributed by atoms with Gasteiger partial charge in [0.1, 0.15) is 0 Å². The van der Waals surface area contributed by atoms with Gasteiger partial charge >= 0.3 is 5.91 Å². The minimum atomic E-state index is -0.285. The molecule has 0 radical (unpaired) electrons. The monoisotopic (exact) mass is 354 g/mol. The van der Waals surface area contributed by atoms with Crippen LogP contribution in [-0.2, 0) is 4.79 Å². The molecule has 5 rings (SSSR count). The Kier molecular flexibility index (Phi) is 4.46. The Morgan fingerprint density at radius 2 is 2.00 bits per heavy atom. The number of carbonyl (C=O) groups is 2. The van der Waals surface area contributed by atoms with Crippen LogP contribution >= 0.6 is 0 Å². The van der Waals surface area contributed by atoms with Gasteiger partial charge in [0.15, 0.2) is 5.76 Å². The van der Waals surface area contributed by atoms with Crippen LogP contribution in [0.3, 0.4) is 0 Å². The zero-order valence-corrected chi connectivity index (χ0v) is 14.7. The molecule has 0 spiro atoms. The van der Waals surface area contributed by atoms with Gasteiger partial charge in [-0.3, -0.25) is 9.59 Å². The molecule has 1 aromatic heterocycles. The standard InChI is InChI=1S/C19H22N4O3/c1-12(24)21-15-5-3-2-4-14(15)17-10-20-19(26-17)18(25)22-16-11-23-8-6-13(16)7-9-23/h2-5,10,13,16H,6-9,11H2,1H3,(H,21,24)(H,22,25)/t16-/m0/s1. The second-order valence-electron chi connectivity index (χ2n) is 6.97. The van der Waals surface area contributed by atoms with Crippen LogP contribution in [0.15, 0.2) is 34.9 Å². The summed E-state index contributed by atoms with van der Waals surface area (Å²) in [6.45, 7) is 4.60. The van der Waals surface area contributed by atoms with E-state index in [0.717, 1.165) is 32.5 Å². The second kappa shape index (κ2) is 6.92. The molecule has 0 saturated carbocycles. The Hall–Kier alpha value is -2.67. The molecule has 7 nitrogen and oxygen atoms in total. The summed E-state index contributed by atoms with van der Waals surface area (Å²) in [5.41, 5.74) is 1.32. The van der Waals surface area contributed by atoms with Crippen LogP contribution in [0.2, 0.25) is 0 Å². The summed E-state index contributed by atoms with van der Waals surface area (Å²) in [6, 6.07) is 7.43. The molecule has 0 unspecified atom stereocenters. The number of nitrogens with one attached hydrogen (secondary N) is 2. The summed E-state index contributed by atoms with van der Waals surface area (Å²) in [4.78, 5) is 30.4. The summed E-state index contributed by atoms with van der Waals surface area (Å²) in [7, 11) is 0. The first-order chi connectivity index (χ1) is 12.6. The van der Waals surface area contributed by atoms with Gasteiger partial charge in [0, 0.05) is 25.1 Å². The van der Waals surface area contributed by atoms with E-state index < -0.39 is 0 Å². The van der Waals surface area contributed by atoms with Crippen LogP contribution in [0, 0.1) is 5.92 Å². The maximum Gasteiger partial charge on any atom is 0.307 e. The van der Waals surface area contributed by atoms with Crippen LogP contribution < -0.4 is 10.6 Å². The fourth-order valence-electron chi connectivity index (χ4n) is 3.86. The number of rotatable bonds is 4. The number of fused-ring (bicyclic) bond motifs is 3. The third kappa shape index (κ3) is 3.35. The van der Waals surface area contributed by atoms with E-state index in [4.69, 9.17) is 4.42 Å². The molecule has 2 aromatic rings. The molecule has 3 saturated heterocycles. The van der Waals surface area contributed by atoms with Crippen molar-refractivity contribution in [3.63, 3.8) is 0 Å². The topological polar surface area (TPSA) is 87.5 Å². The van der Waals surface area contributed by atoms with Crippen molar-refractivity contribution in [2.75, 3.05) is 25.0 Å². The Labute approximate surface area is 151 Å². The van der Waals surface area contributed by atoms with Crippen LogP contribution in [0.25, 0.3) is 11.3 Å². The predicted octanol–water partition coefficient (Wildman–Crippen LogP) is 2.12. The van der Waals surface area contributed by atoms with Crippen molar-refractivity contribution in [2.24, 2.45) is 5.92 Å². The van der Waals surface area contributed by atoms with E-state index in [9.17, 15) is 9.59 Å². The molecular formula is C19H22N4O3. The summed E-state index contributed by atoms with van der Waals surface area (Å²) in [5.74, 6) is 0.589. The molecule has 1 atom stereocenters. The number of anilines is 1. The molecule has 136 valence electrons. The van der Waals surface area contributed by atoms with Crippen molar-refractivity contribution in [3.8, 4) is 11.3 Å². The van der Waals surface area contributed by atoms with Crippen LogP contribution in [0.1, 0.15) is 30.5 Å². The summed E-state index contributed by atoms with van der Waals surface area (Å²) in [5, 5.41) is 5.83. The SMILES string of the molecule is CC(=O)Nc1ccccc1-c1cnc(C(=O)N[C@H]2CN3CCC2CC3)o1. The van der Waals surface area contributed by atoms with Gasteiger partial charge in [-0.1, -0.05) is 12.1 Å². The Morgan fingerprint density at radius 1 is 1.23 bits per heavy atom. The van der Waals surface area contributed by atoms with Gasteiger partial charge < -0.3 is 20.0 Å². The Balaban J connectivity index is 1.50. The lowest BCUT2D eigenvalue weighted by molar-refractivity contribution is -0.114. The normalized spacial score (nSPS) is 24.3. The van der Waals surface area contributed by atoms with E-state index in [-0.39, 0.29) is 23.7 Å². The van der Waals surface area contributed by atoms with E-state index >= 15 is 0 Å². The van der Waals surface area contributed by atoms with Crippen molar-refractivity contribution < 1.29 is 14.0 Å². The first-order valence-electron chi connectivity index (χ1n) is 8.96. The van der Waals surface area contributed by atoms with Gasteiger partial charge in [-0.25, -0.2) is 4.98 Å². The van der Waals surface area contributed by atoms with Crippen molar-refractivity contribution in [2.45, 2.75) is 25.8 Å². The number of hydrogen-bond donors (Lipinski definition) is 2. The molecular weight excluding hydrogens is 332 g/mol. The first-order valence-corrected chi connectivity index (χ1v) is 8.96. The second-order valence-corrected chi connectivity index (χ2v) is 6.97. The van der Waals surface area contributed by atoms with Crippen molar-refractivity contribution in [1.82, 2.24) is 15.2 Å². The van der Waals surface area contributed by atoms with E-state index in [1.165, 1.54) is 13.1 Å². The highest BCUT2D eigenvalue weighted by molar-refractivity contribution is 5.94. The Bertz CT molecular complexity index is 824. The van der Waals surface area contributed by atoms with E-state index in [1.54, 1.807) is 6.07 Å². The first kappa shape index (κ1) is 16.8. The van der Waals surface area contributed by atoms with Gasteiger partial charge in [0.05, 0.1) is 11.9 Å². The lowest BCUT2D eigenvalue weighted by Crippen LogP contribution is -2.57. The summed E-state index contributed by atoms with van der Waals surface area (Å²) in [6.07, 6.45) is 3.78. The minimum absolute atomic E-state index is 0.0501. The minimum Gasteiger partial charge on any atom is -0.432 e. The average molecular weight is 354 g/mol. The number of para-hydroxylation sites is 1. The average Bonchev–Trinajstić information content (AvgIpc) is 3.13. The molecule has 2 amide bonds. The fraction of sp³-hybridized carbons (Fsp3) is 0.421. The number of benzene rings is 1. The molecule has 1 aromatic carbocycles. The van der Waals surface area contributed by atoms with E-state index in [1.807, 2.05) is 18.2 Å². The maximum atomic E-state index is 12.5. The highest BCUT2D eigenvalue weighted by Gasteiger charge is 2.35. The van der Waals surface area contributed by atoms with Gasteiger partial charge in [-0.2, -0.15) is 0 Å². The van der Waals surface area contributed by atoms with Gasteiger partial charge in [-0.05, 0) is 44.0 Å². The number of nitrogens with zero attached hydrogens (tertiary/aromatic N) is 2. The number of hydrogen-bond acceptors (Lipinski definition) is 5. The number of piperidine rings is 3. The van der Waals surface area contributed by atoms with Crippen molar-refractivity contribution >= 4 is 17.5 Å². The Morgan fingerprint density at radius 3 is 2.69 bits per heavy atom. The molecule has 3 fully saturated rings. The number of amides is 2. The van der Waals surface area contributed by atoms with Crippen molar-refractivity contribution in [1.29, 1.82) is 0 Å². The van der Waals surface area contributed by atoms with Crippen LogP contribution in [-0.4, -0.2) is 47.4 Å².